The van der Waals surface area contributed by atoms with Gasteiger partial charge in [-0.1, -0.05) is 33.6 Å². The molecule has 0 radical (unpaired) electrons. The van der Waals surface area contributed by atoms with E-state index in [4.69, 9.17) is 0 Å². The molecule has 0 aromatic rings. The topological polar surface area (TPSA) is 23.5 Å². The number of hydrogen-bond donors (Lipinski definition) is 1. The van der Waals surface area contributed by atoms with Crippen molar-refractivity contribution in [1.82, 2.24) is 4.90 Å². The summed E-state index contributed by atoms with van der Waals surface area (Å²) in [6.07, 6.45) is 5.88. The maximum Gasteiger partial charge on any atom is 0.0695 e. The van der Waals surface area contributed by atoms with Crippen LogP contribution < -0.4 is 0 Å². The number of likely N-dealkylation sites (N-methyl/N-ethyl adjacent to an activating group) is 1. The molecule has 0 heterocycles. The van der Waals surface area contributed by atoms with Crippen LogP contribution >= 0.6 is 0 Å². The zero-order chi connectivity index (χ0) is 13.0. The molecule has 102 valence electrons. The predicted octanol–water partition coefficient (Wildman–Crippen LogP) is 3.29. The Hall–Kier alpha value is -0.0800. The molecule has 4 atom stereocenters. The van der Waals surface area contributed by atoms with Gasteiger partial charge in [0.2, 0.25) is 0 Å². The van der Waals surface area contributed by atoms with Gasteiger partial charge in [-0.15, -0.1) is 0 Å². The summed E-state index contributed by atoms with van der Waals surface area (Å²) in [4.78, 5) is 2.41. The minimum Gasteiger partial charge on any atom is -0.391 e. The van der Waals surface area contributed by atoms with Crippen molar-refractivity contribution in [3.05, 3.63) is 0 Å². The second kappa shape index (κ2) is 6.75. The first kappa shape index (κ1) is 15.0. The summed E-state index contributed by atoms with van der Waals surface area (Å²) in [5.41, 5.74) is 0. The molecule has 2 nitrogen and oxygen atoms in total. The number of nitrogens with zero attached hydrogens (tertiary/aromatic N) is 1. The van der Waals surface area contributed by atoms with Crippen molar-refractivity contribution in [2.45, 2.75) is 78.0 Å². The molecule has 1 saturated carbocycles. The first-order valence-electron chi connectivity index (χ1n) is 7.37. The average Bonchev–Trinajstić information content (AvgIpc) is 2.30. The van der Waals surface area contributed by atoms with Gasteiger partial charge >= 0.3 is 0 Å². The van der Waals surface area contributed by atoms with E-state index < -0.39 is 0 Å². The number of aliphatic hydroxyl groups excluding tert-OH is 1. The van der Waals surface area contributed by atoms with Crippen molar-refractivity contribution in [3.63, 3.8) is 0 Å². The van der Waals surface area contributed by atoms with E-state index in [0.29, 0.717) is 18.0 Å². The molecular weight excluding hydrogens is 210 g/mol. The third-order valence-corrected chi connectivity index (χ3v) is 4.72. The third kappa shape index (κ3) is 3.96. The molecule has 2 heteroatoms. The van der Waals surface area contributed by atoms with Gasteiger partial charge in [0.05, 0.1) is 6.10 Å². The van der Waals surface area contributed by atoms with Crippen LogP contribution in [0, 0.1) is 11.8 Å². The molecule has 0 amide bonds. The van der Waals surface area contributed by atoms with Gasteiger partial charge in [-0.2, -0.15) is 0 Å². The monoisotopic (exact) mass is 241 g/mol. The molecule has 1 aliphatic rings. The van der Waals surface area contributed by atoms with E-state index in [1.165, 1.54) is 25.7 Å². The minimum absolute atomic E-state index is 0.116. The molecule has 17 heavy (non-hydrogen) atoms. The molecule has 0 spiro atoms. The average molecular weight is 241 g/mol. The molecule has 0 aliphatic heterocycles. The molecule has 1 fully saturated rings. The summed E-state index contributed by atoms with van der Waals surface area (Å²) in [6.45, 7) is 9.07. The molecule has 0 aromatic carbocycles. The fourth-order valence-corrected chi connectivity index (χ4v) is 3.10. The summed E-state index contributed by atoms with van der Waals surface area (Å²) in [7, 11) is 2.19. The fraction of sp³-hybridized carbons (Fsp3) is 1.00. The molecule has 1 N–H and O–H groups in total. The van der Waals surface area contributed by atoms with Gasteiger partial charge < -0.3 is 5.11 Å². The lowest BCUT2D eigenvalue weighted by Gasteiger charge is -2.42. The molecule has 4 unspecified atom stereocenters. The van der Waals surface area contributed by atoms with Gasteiger partial charge in [0, 0.05) is 12.1 Å². The normalized spacial score (nSPS) is 32.1. The van der Waals surface area contributed by atoms with Gasteiger partial charge in [-0.25, -0.2) is 0 Å². The van der Waals surface area contributed by atoms with Crippen LogP contribution in [0.3, 0.4) is 0 Å². The quantitative estimate of drug-likeness (QED) is 0.798. The zero-order valence-corrected chi connectivity index (χ0v) is 12.3. The number of aliphatic hydroxyl groups is 1. The van der Waals surface area contributed by atoms with Crippen LogP contribution in [0.2, 0.25) is 0 Å². The van der Waals surface area contributed by atoms with E-state index in [-0.39, 0.29) is 6.10 Å². The third-order valence-electron chi connectivity index (χ3n) is 4.72. The van der Waals surface area contributed by atoms with Crippen LogP contribution in [-0.4, -0.2) is 35.2 Å². The SMILES string of the molecule is CCCC1CCC(O)C(N(C)C(C)C(C)C)C1. The van der Waals surface area contributed by atoms with Crippen molar-refractivity contribution < 1.29 is 5.11 Å². The molecule has 0 saturated heterocycles. The Morgan fingerprint density at radius 2 is 1.88 bits per heavy atom. The zero-order valence-electron chi connectivity index (χ0n) is 12.3. The van der Waals surface area contributed by atoms with Gasteiger partial charge in [0.25, 0.3) is 0 Å². The Bertz CT molecular complexity index is 217. The van der Waals surface area contributed by atoms with E-state index in [9.17, 15) is 5.11 Å². The molecule has 0 aromatic heterocycles. The van der Waals surface area contributed by atoms with Crippen molar-refractivity contribution in [1.29, 1.82) is 0 Å². The van der Waals surface area contributed by atoms with E-state index in [2.05, 4.69) is 39.6 Å². The maximum atomic E-state index is 10.2. The van der Waals surface area contributed by atoms with Crippen molar-refractivity contribution >= 4 is 0 Å². The Labute approximate surface area is 107 Å². The number of rotatable bonds is 5. The van der Waals surface area contributed by atoms with Crippen LogP contribution in [-0.2, 0) is 0 Å². The van der Waals surface area contributed by atoms with Gasteiger partial charge in [-0.3, -0.25) is 4.90 Å². The molecular formula is C15H31NO. The van der Waals surface area contributed by atoms with Crippen LogP contribution in [0.1, 0.15) is 59.8 Å². The Balaban J connectivity index is 2.59. The lowest BCUT2D eigenvalue weighted by molar-refractivity contribution is -0.00943. The van der Waals surface area contributed by atoms with Crippen molar-refractivity contribution in [2.24, 2.45) is 11.8 Å². The maximum absolute atomic E-state index is 10.2. The van der Waals surface area contributed by atoms with Crippen LogP contribution in [0.5, 0.6) is 0 Å². The van der Waals surface area contributed by atoms with E-state index in [1.54, 1.807) is 0 Å². The highest BCUT2D eigenvalue weighted by atomic mass is 16.3. The van der Waals surface area contributed by atoms with Gasteiger partial charge in [0.1, 0.15) is 0 Å². The summed E-state index contributed by atoms with van der Waals surface area (Å²) in [5.74, 6) is 1.48. The van der Waals surface area contributed by atoms with Crippen LogP contribution in [0.4, 0.5) is 0 Å². The summed E-state index contributed by atoms with van der Waals surface area (Å²) < 4.78 is 0. The second-order valence-electron chi connectivity index (χ2n) is 6.25. The first-order chi connectivity index (χ1) is 7.97. The Kier molecular flexibility index (Phi) is 5.94. The molecule has 1 rings (SSSR count). The fourth-order valence-electron chi connectivity index (χ4n) is 3.10. The highest BCUT2D eigenvalue weighted by Crippen LogP contribution is 2.32. The second-order valence-corrected chi connectivity index (χ2v) is 6.25. The van der Waals surface area contributed by atoms with Crippen LogP contribution in [0.25, 0.3) is 0 Å². The van der Waals surface area contributed by atoms with Crippen molar-refractivity contribution in [3.8, 4) is 0 Å². The summed E-state index contributed by atoms with van der Waals surface area (Å²) in [6, 6.07) is 0.924. The van der Waals surface area contributed by atoms with E-state index in [0.717, 1.165) is 12.3 Å². The minimum atomic E-state index is -0.116. The lowest BCUT2D eigenvalue weighted by atomic mass is 9.80. The van der Waals surface area contributed by atoms with Gasteiger partial charge in [0.15, 0.2) is 0 Å². The lowest BCUT2D eigenvalue weighted by Crippen LogP contribution is -2.50. The smallest absolute Gasteiger partial charge is 0.0695 e. The van der Waals surface area contributed by atoms with Crippen LogP contribution in [0.15, 0.2) is 0 Å². The van der Waals surface area contributed by atoms with E-state index >= 15 is 0 Å². The largest absolute Gasteiger partial charge is 0.391 e. The first-order valence-corrected chi connectivity index (χ1v) is 7.37. The van der Waals surface area contributed by atoms with E-state index in [1.807, 2.05) is 0 Å². The molecule has 0 bridgehead atoms. The highest BCUT2D eigenvalue weighted by Gasteiger charge is 2.33. The molecule has 1 aliphatic carbocycles. The standard InChI is InChI=1S/C15H31NO/c1-6-7-13-8-9-15(17)14(10-13)16(5)12(4)11(2)3/h11-15,17H,6-10H2,1-5H3. The summed E-state index contributed by atoms with van der Waals surface area (Å²) in [5, 5.41) is 10.2. The van der Waals surface area contributed by atoms with Crippen molar-refractivity contribution in [2.75, 3.05) is 7.05 Å². The predicted molar refractivity (Wildman–Crippen MR) is 74.1 cm³/mol. The number of hydrogen-bond acceptors (Lipinski definition) is 2. The Morgan fingerprint density at radius 1 is 1.24 bits per heavy atom. The Morgan fingerprint density at radius 3 is 2.41 bits per heavy atom. The highest BCUT2D eigenvalue weighted by molar-refractivity contribution is 4.88. The summed E-state index contributed by atoms with van der Waals surface area (Å²) >= 11 is 0. The van der Waals surface area contributed by atoms with Gasteiger partial charge in [-0.05, 0) is 45.1 Å².